The van der Waals surface area contributed by atoms with Crippen LogP contribution in [0.2, 0.25) is 0 Å². The molecule has 0 N–H and O–H groups in total. The molecule has 4 nitrogen and oxygen atoms in total. The first-order valence-electron chi connectivity index (χ1n) is 11.3. The smallest absolute Gasteiger partial charge is 0.111 e. The fourth-order valence-corrected chi connectivity index (χ4v) is 5.10. The van der Waals surface area contributed by atoms with Crippen LogP contribution in [0.4, 0.5) is 0 Å². The molecule has 0 unspecified atom stereocenters. The Hall–Kier alpha value is -1.00. The van der Waals surface area contributed by atoms with Crippen LogP contribution in [0.5, 0.6) is 0 Å². The molecule has 0 aromatic carbocycles. The van der Waals surface area contributed by atoms with Crippen LogP contribution in [0, 0.1) is 17.3 Å². The summed E-state index contributed by atoms with van der Waals surface area (Å²) in [4.78, 5) is 0. The minimum Gasteiger partial charge on any atom is -0.502 e. The fourth-order valence-electron chi connectivity index (χ4n) is 5.10. The van der Waals surface area contributed by atoms with Crippen molar-refractivity contribution in [3.63, 3.8) is 0 Å². The monoisotopic (exact) mass is 394 g/mol. The molecule has 2 saturated carbocycles. The van der Waals surface area contributed by atoms with Gasteiger partial charge in [0.2, 0.25) is 0 Å². The number of rotatable bonds is 13. The second kappa shape index (κ2) is 12.5. The maximum Gasteiger partial charge on any atom is 0.111 e. The van der Waals surface area contributed by atoms with Crippen LogP contribution in [0.25, 0.3) is 0 Å². The van der Waals surface area contributed by atoms with Gasteiger partial charge in [-0.3, -0.25) is 0 Å². The summed E-state index contributed by atoms with van der Waals surface area (Å²) in [6.07, 6.45) is 14.8. The third-order valence-corrected chi connectivity index (χ3v) is 7.00. The first kappa shape index (κ1) is 23.3. The summed E-state index contributed by atoms with van der Waals surface area (Å²) < 4.78 is 22.3. The lowest BCUT2D eigenvalue weighted by Gasteiger charge is -2.46. The topological polar surface area (TPSA) is 36.9 Å². The Labute approximate surface area is 172 Å². The molecule has 28 heavy (non-hydrogen) atoms. The lowest BCUT2D eigenvalue weighted by atomic mass is 9.60. The van der Waals surface area contributed by atoms with Crippen molar-refractivity contribution < 1.29 is 18.9 Å². The summed E-state index contributed by atoms with van der Waals surface area (Å²) in [5.74, 6) is 1.63. The van der Waals surface area contributed by atoms with Crippen LogP contribution in [-0.4, -0.2) is 38.6 Å². The largest absolute Gasteiger partial charge is 0.502 e. The van der Waals surface area contributed by atoms with Crippen molar-refractivity contribution >= 4 is 0 Å². The minimum atomic E-state index is 0.412. The zero-order valence-electron chi connectivity index (χ0n) is 18.2. The van der Waals surface area contributed by atoms with Gasteiger partial charge in [0.25, 0.3) is 0 Å². The summed E-state index contributed by atoms with van der Waals surface area (Å²) in [7, 11) is 0. The van der Waals surface area contributed by atoms with Gasteiger partial charge in [0, 0.05) is 6.42 Å². The normalized spacial score (nSPS) is 28.5. The van der Waals surface area contributed by atoms with Crippen LogP contribution in [0.1, 0.15) is 71.6 Å². The van der Waals surface area contributed by atoms with Gasteiger partial charge in [-0.1, -0.05) is 27.0 Å². The third kappa shape index (κ3) is 7.44. The zero-order chi connectivity index (χ0) is 20.2. The molecule has 2 aliphatic carbocycles. The second-order valence-corrected chi connectivity index (χ2v) is 8.94. The van der Waals surface area contributed by atoms with Gasteiger partial charge in [0.05, 0.1) is 44.6 Å². The molecular formula is C24H42O4. The van der Waals surface area contributed by atoms with Gasteiger partial charge in [0.15, 0.2) is 0 Å². The van der Waals surface area contributed by atoms with Gasteiger partial charge in [-0.2, -0.15) is 0 Å². The standard InChI is InChI=1S/C24H42O4/c1-5-25-16-7-17-27-22-12-8-20(9-13-22)24(3,4)21-10-14-23(15-11-21)28-19-18-26-6-2/h5-6,20-23H,1-2,7-19H2,3-4H3. The van der Waals surface area contributed by atoms with E-state index in [1.807, 2.05) is 0 Å². The average molecular weight is 395 g/mol. The first-order valence-corrected chi connectivity index (χ1v) is 11.3. The van der Waals surface area contributed by atoms with E-state index in [0.717, 1.165) is 24.9 Å². The van der Waals surface area contributed by atoms with Gasteiger partial charge in [-0.25, -0.2) is 0 Å². The molecule has 2 fully saturated rings. The van der Waals surface area contributed by atoms with Crippen LogP contribution in [-0.2, 0) is 18.9 Å². The lowest BCUT2D eigenvalue weighted by Crippen LogP contribution is -2.39. The van der Waals surface area contributed by atoms with E-state index in [1.54, 1.807) is 0 Å². The summed E-state index contributed by atoms with van der Waals surface area (Å²) in [6, 6.07) is 0. The molecule has 0 heterocycles. The molecule has 162 valence electrons. The molecule has 0 spiro atoms. The van der Waals surface area contributed by atoms with E-state index in [4.69, 9.17) is 18.9 Å². The molecule has 0 aromatic rings. The summed E-state index contributed by atoms with van der Waals surface area (Å²) in [5, 5.41) is 0. The van der Waals surface area contributed by atoms with Crippen molar-refractivity contribution in [2.75, 3.05) is 26.4 Å². The Morgan fingerprint density at radius 1 is 0.679 bits per heavy atom. The molecule has 2 rings (SSSR count). The van der Waals surface area contributed by atoms with Crippen molar-refractivity contribution in [2.45, 2.75) is 83.8 Å². The van der Waals surface area contributed by atoms with Crippen LogP contribution < -0.4 is 0 Å². The Bertz CT molecular complexity index is 432. The van der Waals surface area contributed by atoms with E-state index < -0.39 is 0 Å². The minimum absolute atomic E-state index is 0.412. The maximum absolute atomic E-state index is 6.06. The number of hydrogen-bond donors (Lipinski definition) is 0. The van der Waals surface area contributed by atoms with Crippen LogP contribution in [0.3, 0.4) is 0 Å². The van der Waals surface area contributed by atoms with Crippen molar-refractivity contribution in [1.82, 2.24) is 0 Å². The van der Waals surface area contributed by atoms with E-state index in [2.05, 4.69) is 27.0 Å². The first-order chi connectivity index (χ1) is 13.6. The summed E-state index contributed by atoms with van der Waals surface area (Å²) in [6.45, 7) is 14.9. The number of hydrogen-bond acceptors (Lipinski definition) is 4. The Kier molecular flexibility index (Phi) is 10.4. The molecule has 0 atom stereocenters. The molecular weight excluding hydrogens is 352 g/mol. The lowest BCUT2D eigenvalue weighted by molar-refractivity contribution is -0.0414. The SMILES string of the molecule is C=COCCCOC1CCC(C(C)(C)C2CCC(OCCOC=C)CC2)CC1. The quantitative estimate of drug-likeness (QED) is 0.289. The van der Waals surface area contributed by atoms with E-state index in [9.17, 15) is 0 Å². The summed E-state index contributed by atoms with van der Waals surface area (Å²) >= 11 is 0. The highest BCUT2D eigenvalue weighted by molar-refractivity contribution is 4.91. The highest BCUT2D eigenvalue weighted by Gasteiger charge is 2.40. The fraction of sp³-hybridized carbons (Fsp3) is 0.833. The Morgan fingerprint density at radius 2 is 1.14 bits per heavy atom. The van der Waals surface area contributed by atoms with Crippen LogP contribution >= 0.6 is 0 Å². The molecule has 0 aromatic heterocycles. The van der Waals surface area contributed by atoms with E-state index in [0.29, 0.717) is 37.4 Å². The molecule has 0 radical (unpaired) electrons. The molecule has 2 aliphatic rings. The highest BCUT2D eigenvalue weighted by atomic mass is 16.5. The zero-order valence-corrected chi connectivity index (χ0v) is 18.2. The van der Waals surface area contributed by atoms with Crippen molar-refractivity contribution in [3.8, 4) is 0 Å². The third-order valence-electron chi connectivity index (χ3n) is 7.00. The van der Waals surface area contributed by atoms with Gasteiger partial charge in [0.1, 0.15) is 6.61 Å². The molecule has 0 amide bonds. The summed E-state index contributed by atoms with van der Waals surface area (Å²) in [5.41, 5.74) is 0.416. The molecule has 0 bridgehead atoms. The highest BCUT2D eigenvalue weighted by Crippen LogP contribution is 2.48. The maximum atomic E-state index is 6.06. The van der Waals surface area contributed by atoms with Crippen molar-refractivity contribution in [2.24, 2.45) is 17.3 Å². The van der Waals surface area contributed by atoms with Crippen molar-refractivity contribution in [3.05, 3.63) is 25.7 Å². The van der Waals surface area contributed by atoms with Gasteiger partial charge < -0.3 is 18.9 Å². The Morgan fingerprint density at radius 3 is 1.64 bits per heavy atom. The van der Waals surface area contributed by atoms with E-state index >= 15 is 0 Å². The average Bonchev–Trinajstić information content (AvgIpc) is 2.72. The van der Waals surface area contributed by atoms with Gasteiger partial charge in [-0.05, 0) is 68.6 Å². The Balaban J connectivity index is 1.65. The predicted molar refractivity (Wildman–Crippen MR) is 114 cm³/mol. The van der Waals surface area contributed by atoms with Crippen LogP contribution in [0.15, 0.2) is 25.7 Å². The number of ether oxygens (including phenoxy) is 4. The molecule has 0 saturated heterocycles. The molecule has 0 aliphatic heterocycles. The van der Waals surface area contributed by atoms with Crippen molar-refractivity contribution in [1.29, 1.82) is 0 Å². The van der Waals surface area contributed by atoms with Gasteiger partial charge in [-0.15, -0.1) is 0 Å². The van der Waals surface area contributed by atoms with E-state index in [-0.39, 0.29) is 0 Å². The molecule has 4 heteroatoms. The van der Waals surface area contributed by atoms with E-state index in [1.165, 1.54) is 63.9 Å². The van der Waals surface area contributed by atoms with Gasteiger partial charge >= 0.3 is 0 Å². The second-order valence-electron chi connectivity index (χ2n) is 8.94. The predicted octanol–water partition coefficient (Wildman–Crippen LogP) is 5.87.